The lowest BCUT2D eigenvalue weighted by molar-refractivity contribution is 0.0695. The zero-order valence-corrected chi connectivity index (χ0v) is 11.8. The van der Waals surface area contributed by atoms with Crippen LogP contribution in [0.5, 0.6) is 0 Å². The average molecular weight is 314 g/mol. The first-order valence-electron chi connectivity index (χ1n) is 5.98. The van der Waals surface area contributed by atoms with Crippen molar-refractivity contribution in [3.05, 3.63) is 28.2 Å². The van der Waals surface area contributed by atoms with E-state index in [0.717, 1.165) is 31.8 Å². The lowest BCUT2D eigenvalue weighted by atomic mass is 10.1. The summed E-state index contributed by atoms with van der Waals surface area (Å²) in [5.74, 6) is -0.907. The highest BCUT2D eigenvalue weighted by Crippen LogP contribution is 2.29. The van der Waals surface area contributed by atoms with Crippen LogP contribution in [0.4, 0.5) is 5.69 Å². The van der Waals surface area contributed by atoms with Crippen molar-refractivity contribution in [2.24, 2.45) is 0 Å². The molecule has 1 heterocycles. The molecule has 1 aliphatic rings. The van der Waals surface area contributed by atoms with E-state index in [1.807, 2.05) is 19.1 Å². The molecule has 0 aliphatic carbocycles. The van der Waals surface area contributed by atoms with Crippen molar-refractivity contribution in [3.63, 3.8) is 0 Å². The van der Waals surface area contributed by atoms with Crippen molar-refractivity contribution < 1.29 is 14.6 Å². The summed E-state index contributed by atoms with van der Waals surface area (Å²) in [5.41, 5.74) is 1.08. The molecule has 1 aromatic carbocycles. The minimum Gasteiger partial charge on any atom is -0.478 e. The number of hydrogen-bond donors (Lipinski definition) is 1. The third kappa shape index (κ3) is 2.84. The summed E-state index contributed by atoms with van der Waals surface area (Å²) < 4.78 is 6.20. The predicted octanol–water partition coefficient (Wildman–Crippen LogP) is 2.76. The minimum absolute atomic E-state index is 0.119. The maximum Gasteiger partial charge on any atom is 0.338 e. The molecule has 4 nitrogen and oxygen atoms in total. The van der Waals surface area contributed by atoms with Gasteiger partial charge < -0.3 is 14.7 Å². The number of carbonyl (C=O) groups is 1. The molecule has 1 aliphatic heterocycles. The SMILES string of the molecule is CC1CN(c2cccc(Br)c2C(=O)O)CCCO1. The lowest BCUT2D eigenvalue weighted by Crippen LogP contribution is -2.31. The second-order valence-corrected chi connectivity index (χ2v) is 5.27. The molecular formula is C13H16BrNO3. The standard InChI is InChI=1S/C13H16BrNO3/c1-9-8-15(6-3-7-18-9)11-5-2-4-10(14)12(11)13(16)17/h2,4-5,9H,3,6-8H2,1H3,(H,16,17). The van der Waals surface area contributed by atoms with Gasteiger partial charge in [0, 0.05) is 24.2 Å². The van der Waals surface area contributed by atoms with E-state index in [1.54, 1.807) is 6.07 Å². The number of hydrogen-bond acceptors (Lipinski definition) is 3. The van der Waals surface area contributed by atoms with E-state index in [1.165, 1.54) is 0 Å². The fraction of sp³-hybridized carbons (Fsp3) is 0.462. The third-order valence-electron chi connectivity index (χ3n) is 3.00. The molecule has 1 unspecified atom stereocenters. The minimum atomic E-state index is -0.907. The monoisotopic (exact) mass is 313 g/mol. The second-order valence-electron chi connectivity index (χ2n) is 4.42. The summed E-state index contributed by atoms with van der Waals surface area (Å²) >= 11 is 3.31. The number of anilines is 1. The molecule has 0 bridgehead atoms. The highest BCUT2D eigenvalue weighted by molar-refractivity contribution is 9.10. The van der Waals surface area contributed by atoms with Crippen molar-refractivity contribution in [3.8, 4) is 0 Å². The number of carboxylic acids is 1. The summed E-state index contributed by atoms with van der Waals surface area (Å²) in [5, 5.41) is 9.33. The first-order chi connectivity index (χ1) is 8.59. The maximum atomic E-state index is 11.4. The maximum absolute atomic E-state index is 11.4. The zero-order valence-electron chi connectivity index (χ0n) is 10.2. The molecule has 5 heteroatoms. The molecule has 0 saturated carbocycles. The van der Waals surface area contributed by atoms with Gasteiger partial charge in [-0.2, -0.15) is 0 Å². The van der Waals surface area contributed by atoms with Crippen LogP contribution < -0.4 is 4.90 Å². The normalized spacial score (nSPS) is 20.6. The largest absolute Gasteiger partial charge is 0.478 e. The first-order valence-corrected chi connectivity index (χ1v) is 6.77. The molecule has 0 spiro atoms. The van der Waals surface area contributed by atoms with Crippen LogP contribution in [0.25, 0.3) is 0 Å². The van der Waals surface area contributed by atoms with Crippen LogP contribution in [0.3, 0.4) is 0 Å². The molecule has 1 fully saturated rings. The van der Waals surface area contributed by atoms with Gasteiger partial charge in [-0.25, -0.2) is 4.79 Å². The Hall–Kier alpha value is -1.07. The number of halogens is 1. The van der Waals surface area contributed by atoms with Gasteiger partial charge in [0.2, 0.25) is 0 Å². The van der Waals surface area contributed by atoms with E-state index >= 15 is 0 Å². The van der Waals surface area contributed by atoms with E-state index in [2.05, 4.69) is 20.8 Å². The fourth-order valence-electron chi connectivity index (χ4n) is 2.20. The van der Waals surface area contributed by atoms with Crippen LogP contribution in [0.1, 0.15) is 23.7 Å². The average Bonchev–Trinajstić information content (AvgIpc) is 2.53. The Morgan fingerprint density at radius 1 is 1.56 bits per heavy atom. The van der Waals surface area contributed by atoms with Crippen LogP contribution in [0.2, 0.25) is 0 Å². The van der Waals surface area contributed by atoms with Crippen LogP contribution >= 0.6 is 15.9 Å². The Labute approximate surface area is 115 Å². The number of rotatable bonds is 2. The smallest absolute Gasteiger partial charge is 0.338 e. The quantitative estimate of drug-likeness (QED) is 0.912. The number of ether oxygens (including phenoxy) is 1. The second kappa shape index (κ2) is 5.71. The Bertz CT molecular complexity index is 450. The van der Waals surface area contributed by atoms with E-state index in [9.17, 15) is 9.90 Å². The number of aromatic carboxylic acids is 1. The van der Waals surface area contributed by atoms with E-state index in [4.69, 9.17) is 4.74 Å². The molecule has 1 saturated heterocycles. The van der Waals surface area contributed by atoms with Crippen molar-refractivity contribution in [1.29, 1.82) is 0 Å². The third-order valence-corrected chi connectivity index (χ3v) is 3.66. The van der Waals surface area contributed by atoms with Crippen LogP contribution in [0, 0.1) is 0 Å². The molecule has 0 radical (unpaired) electrons. The van der Waals surface area contributed by atoms with Gasteiger partial charge in [0.1, 0.15) is 0 Å². The van der Waals surface area contributed by atoms with Gasteiger partial charge in [0.25, 0.3) is 0 Å². The number of carboxylic acid groups (broad SMARTS) is 1. The Balaban J connectivity index is 2.37. The van der Waals surface area contributed by atoms with E-state index in [-0.39, 0.29) is 6.10 Å². The molecule has 1 atom stereocenters. The molecule has 2 rings (SSSR count). The Morgan fingerprint density at radius 2 is 2.33 bits per heavy atom. The van der Waals surface area contributed by atoms with E-state index < -0.39 is 5.97 Å². The molecule has 0 aromatic heterocycles. The molecule has 98 valence electrons. The highest BCUT2D eigenvalue weighted by atomic mass is 79.9. The number of nitrogens with zero attached hydrogens (tertiary/aromatic N) is 1. The lowest BCUT2D eigenvalue weighted by Gasteiger charge is -2.26. The van der Waals surface area contributed by atoms with Crippen molar-refractivity contribution in [2.45, 2.75) is 19.4 Å². The predicted molar refractivity (Wildman–Crippen MR) is 73.3 cm³/mol. The van der Waals surface area contributed by atoms with Crippen LogP contribution in [0.15, 0.2) is 22.7 Å². The van der Waals surface area contributed by atoms with Crippen LogP contribution in [-0.2, 0) is 4.74 Å². The van der Waals surface area contributed by atoms with Crippen molar-refractivity contribution in [2.75, 3.05) is 24.6 Å². The van der Waals surface area contributed by atoms with E-state index in [0.29, 0.717) is 10.0 Å². The summed E-state index contributed by atoms with van der Waals surface area (Å²) in [6.07, 6.45) is 1.03. The summed E-state index contributed by atoms with van der Waals surface area (Å²) in [7, 11) is 0. The Kier molecular flexibility index (Phi) is 4.24. The van der Waals surface area contributed by atoms with Gasteiger partial charge in [-0.05, 0) is 41.4 Å². The van der Waals surface area contributed by atoms with Crippen LogP contribution in [-0.4, -0.2) is 36.9 Å². The van der Waals surface area contributed by atoms with Crippen molar-refractivity contribution in [1.82, 2.24) is 0 Å². The van der Waals surface area contributed by atoms with Gasteiger partial charge in [0.05, 0.1) is 17.4 Å². The summed E-state index contributed by atoms with van der Waals surface area (Å²) in [4.78, 5) is 13.5. The first kappa shape index (κ1) is 13.4. The van der Waals surface area contributed by atoms with Gasteiger partial charge in [-0.1, -0.05) is 6.07 Å². The van der Waals surface area contributed by atoms with Crippen molar-refractivity contribution >= 4 is 27.6 Å². The summed E-state index contributed by atoms with van der Waals surface area (Å²) in [6, 6.07) is 5.47. The zero-order chi connectivity index (χ0) is 13.1. The molecule has 0 amide bonds. The van der Waals surface area contributed by atoms with Gasteiger partial charge in [0.15, 0.2) is 0 Å². The molecule has 1 aromatic rings. The summed E-state index contributed by atoms with van der Waals surface area (Å²) in [6.45, 7) is 4.28. The van der Waals surface area contributed by atoms with Gasteiger partial charge >= 0.3 is 5.97 Å². The van der Waals surface area contributed by atoms with Gasteiger partial charge in [-0.3, -0.25) is 0 Å². The fourth-order valence-corrected chi connectivity index (χ4v) is 2.73. The topological polar surface area (TPSA) is 49.8 Å². The molecular weight excluding hydrogens is 298 g/mol. The number of benzene rings is 1. The Morgan fingerprint density at radius 3 is 3.06 bits per heavy atom. The highest BCUT2D eigenvalue weighted by Gasteiger charge is 2.22. The molecule has 1 N–H and O–H groups in total. The molecule has 18 heavy (non-hydrogen) atoms. The van der Waals surface area contributed by atoms with Gasteiger partial charge in [-0.15, -0.1) is 0 Å².